The van der Waals surface area contributed by atoms with Crippen molar-refractivity contribution in [1.82, 2.24) is 4.98 Å². The summed E-state index contributed by atoms with van der Waals surface area (Å²) in [6, 6.07) is 11.8. The molecule has 1 amide bonds. The van der Waals surface area contributed by atoms with Crippen molar-refractivity contribution in [1.29, 1.82) is 0 Å². The quantitative estimate of drug-likeness (QED) is 0.854. The Morgan fingerprint density at radius 1 is 1.32 bits per heavy atom. The van der Waals surface area contributed by atoms with Crippen LogP contribution in [-0.4, -0.2) is 16.1 Å². The molecule has 2 aromatic rings. The van der Waals surface area contributed by atoms with E-state index in [0.717, 1.165) is 6.42 Å². The number of thioether (sulfide) groups is 1. The number of carbonyl (C=O) groups is 1. The lowest BCUT2D eigenvalue weighted by atomic mass is 10.1. The van der Waals surface area contributed by atoms with Gasteiger partial charge in [0.1, 0.15) is 4.60 Å². The molecule has 1 aliphatic rings. The van der Waals surface area contributed by atoms with Crippen molar-refractivity contribution in [2.45, 2.75) is 16.6 Å². The largest absolute Gasteiger partial charge is 0.323 e. The lowest BCUT2D eigenvalue weighted by molar-refractivity contribution is -0.115. The molecule has 1 aliphatic heterocycles. The summed E-state index contributed by atoms with van der Waals surface area (Å²) in [5.41, 5.74) is 1.96. The van der Waals surface area contributed by atoms with Gasteiger partial charge in [-0.1, -0.05) is 18.2 Å². The van der Waals surface area contributed by atoms with E-state index in [9.17, 15) is 4.79 Å². The lowest BCUT2D eigenvalue weighted by Crippen LogP contribution is -2.24. The Balaban J connectivity index is 1.72. The maximum absolute atomic E-state index is 12.3. The highest BCUT2D eigenvalue weighted by Gasteiger charge is 2.28. The predicted molar refractivity (Wildman–Crippen MR) is 80.4 cm³/mol. The van der Waals surface area contributed by atoms with E-state index in [1.165, 1.54) is 10.5 Å². The fraction of sp³-hybridized carbons (Fsp3) is 0.143. The van der Waals surface area contributed by atoms with Crippen molar-refractivity contribution in [2.75, 3.05) is 5.32 Å². The van der Waals surface area contributed by atoms with E-state index in [1.807, 2.05) is 18.2 Å². The van der Waals surface area contributed by atoms with Crippen LogP contribution in [0.25, 0.3) is 0 Å². The first-order valence-electron chi connectivity index (χ1n) is 5.90. The minimum absolute atomic E-state index is 0.0231. The first kappa shape index (κ1) is 12.7. The van der Waals surface area contributed by atoms with Crippen LogP contribution in [0.3, 0.4) is 0 Å². The van der Waals surface area contributed by atoms with Crippen LogP contribution in [0.2, 0.25) is 0 Å². The van der Waals surface area contributed by atoms with Crippen LogP contribution >= 0.6 is 27.7 Å². The molecule has 1 aromatic heterocycles. The second kappa shape index (κ2) is 5.35. The van der Waals surface area contributed by atoms with Crippen molar-refractivity contribution in [2.24, 2.45) is 0 Å². The number of hydrogen-bond acceptors (Lipinski definition) is 3. The van der Waals surface area contributed by atoms with Crippen LogP contribution in [0.15, 0.2) is 52.1 Å². The average Bonchev–Trinajstić information content (AvgIpc) is 2.85. The molecule has 0 saturated heterocycles. The number of carbonyl (C=O) groups excluding carboxylic acids is 1. The Hall–Kier alpha value is -1.33. The van der Waals surface area contributed by atoms with Crippen LogP contribution in [-0.2, 0) is 11.2 Å². The summed E-state index contributed by atoms with van der Waals surface area (Å²) in [7, 11) is 0. The maximum atomic E-state index is 12.3. The van der Waals surface area contributed by atoms with Crippen molar-refractivity contribution in [3.05, 3.63) is 52.8 Å². The van der Waals surface area contributed by atoms with E-state index in [0.29, 0.717) is 10.3 Å². The Morgan fingerprint density at radius 3 is 2.95 bits per heavy atom. The van der Waals surface area contributed by atoms with Gasteiger partial charge in [0, 0.05) is 11.1 Å². The van der Waals surface area contributed by atoms with Gasteiger partial charge in [0.25, 0.3) is 0 Å². The van der Waals surface area contributed by atoms with Gasteiger partial charge in [0.2, 0.25) is 5.91 Å². The molecule has 0 bridgehead atoms. The van der Waals surface area contributed by atoms with E-state index < -0.39 is 0 Å². The molecular formula is C14H11BrN2OS. The second-order valence-electron chi connectivity index (χ2n) is 4.25. The molecule has 0 saturated carbocycles. The van der Waals surface area contributed by atoms with Gasteiger partial charge in [-0.05, 0) is 46.1 Å². The molecule has 3 rings (SSSR count). The average molecular weight is 335 g/mol. The highest BCUT2D eigenvalue weighted by atomic mass is 79.9. The van der Waals surface area contributed by atoms with Gasteiger partial charge in [0.15, 0.2) is 0 Å². The number of anilines is 1. The normalized spacial score (nSPS) is 17.0. The van der Waals surface area contributed by atoms with Gasteiger partial charge in [-0.3, -0.25) is 4.79 Å². The Kier molecular flexibility index (Phi) is 3.57. The molecule has 2 heterocycles. The zero-order valence-corrected chi connectivity index (χ0v) is 12.4. The summed E-state index contributed by atoms with van der Waals surface area (Å²) in [5.74, 6) is 0.0231. The van der Waals surface area contributed by atoms with Crippen LogP contribution in [0.1, 0.15) is 5.56 Å². The molecule has 1 unspecified atom stereocenters. The van der Waals surface area contributed by atoms with E-state index >= 15 is 0 Å². The van der Waals surface area contributed by atoms with Crippen LogP contribution in [0, 0.1) is 0 Å². The summed E-state index contributed by atoms with van der Waals surface area (Å²) >= 11 is 4.95. The minimum atomic E-state index is -0.0653. The van der Waals surface area contributed by atoms with Crippen molar-refractivity contribution >= 4 is 39.3 Å². The smallest absolute Gasteiger partial charge is 0.238 e. The summed E-state index contributed by atoms with van der Waals surface area (Å²) in [6.07, 6.45) is 2.46. The van der Waals surface area contributed by atoms with E-state index in [1.54, 1.807) is 24.0 Å². The molecule has 5 heteroatoms. The molecule has 0 fully saturated rings. The number of hydrogen-bond donors (Lipinski definition) is 1. The number of halogens is 1. The van der Waals surface area contributed by atoms with E-state index in [4.69, 9.17) is 0 Å². The molecule has 0 aliphatic carbocycles. The molecule has 1 N–H and O–H groups in total. The SMILES string of the molecule is O=C(Nc1cccnc1Br)C1Cc2ccccc2S1. The van der Waals surface area contributed by atoms with Crippen molar-refractivity contribution < 1.29 is 4.79 Å². The molecular weight excluding hydrogens is 324 g/mol. The monoisotopic (exact) mass is 334 g/mol. The standard InChI is InChI=1S/C14H11BrN2OS/c15-13-10(5-3-7-16-13)17-14(18)12-8-9-4-1-2-6-11(9)19-12/h1-7,12H,8H2,(H,17,18). The number of fused-ring (bicyclic) bond motifs is 1. The van der Waals surface area contributed by atoms with E-state index in [-0.39, 0.29) is 11.2 Å². The number of nitrogens with one attached hydrogen (secondary N) is 1. The third-order valence-electron chi connectivity index (χ3n) is 2.96. The third-order valence-corrected chi connectivity index (χ3v) is 4.91. The number of pyridine rings is 1. The predicted octanol–water partition coefficient (Wildman–Crippen LogP) is 3.50. The van der Waals surface area contributed by atoms with Crippen molar-refractivity contribution in [3.8, 4) is 0 Å². The Morgan fingerprint density at radius 2 is 2.16 bits per heavy atom. The summed E-state index contributed by atoms with van der Waals surface area (Å²) in [6.45, 7) is 0. The highest BCUT2D eigenvalue weighted by molar-refractivity contribution is 9.10. The molecule has 1 atom stereocenters. The fourth-order valence-corrected chi connectivity index (χ4v) is 3.57. The molecule has 1 aromatic carbocycles. The summed E-state index contributed by atoms with van der Waals surface area (Å²) in [5, 5.41) is 2.85. The van der Waals surface area contributed by atoms with Crippen LogP contribution in [0.5, 0.6) is 0 Å². The number of benzene rings is 1. The number of amides is 1. The first-order chi connectivity index (χ1) is 9.24. The summed E-state index contributed by atoms with van der Waals surface area (Å²) in [4.78, 5) is 17.6. The minimum Gasteiger partial charge on any atom is -0.323 e. The van der Waals surface area contributed by atoms with Gasteiger partial charge in [-0.25, -0.2) is 4.98 Å². The summed E-state index contributed by atoms with van der Waals surface area (Å²) < 4.78 is 0.656. The maximum Gasteiger partial charge on any atom is 0.238 e. The zero-order valence-electron chi connectivity index (χ0n) is 9.97. The first-order valence-corrected chi connectivity index (χ1v) is 7.57. The van der Waals surface area contributed by atoms with Crippen molar-refractivity contribution in [3.63, 3.8) is 0 Å². The van der Waals surface area contributed by atoms with Gasteiger partial charge in [0.05, 0.1) is 10.9 Å². The van der Waals surface area contributed by atoms with E-state index in [2.05, 4.69) is 38.4 Å². The van der Waals surface area contributed by atoms with Gasteiger partial charge in [-0.15, -0.1) is 11.8 Å². The molecule has 0 radical (unpaired) electrons. The Bertz CT molecular complexity index is 607. The third kappa shape index (κ3) is 2.67. The van der Waals surface area contributed by atoms with Crippen LogP contribution < -0.4 is 5.32 Å². The highest BCUT2D eigenvalue weighted by Crippen LogP contribution is 2.37. The Labute approximate surface area is 123 Å². The van der Waals surface area contributed by atoms with Gasteiger partial charge < -0.3 is 5.32 Å². The topological polar surface area (TPSA) is 42.0 Å². The lowest BCUT2D eigenvalue weighted by Gasteiger charge is -2.10. The second-order valence-corrected chi connectivity index (χ2v) is 6.25. The van der Waals surface area contributed by atoms with Gasteiger partial charge >= 0.3 is 0 Å². The number of rotatable bonds is 2. The molecule has 3 nitrogen and oxygen atoms in total. The molecule has 96 valence electrons. The zero-order chi connectivity index (χ0) is 13.2. The number of aromatic nitrogens is 1. The van der Waals surface area contributed by atoms with Crippen LogP contribution in [0.4, 0.5) is 5.69 Å². The molecule has 19 heavy (non-hydrogen) atoms. The number of nitrogens with zero attached hydrogens (tertiary/aromatic N) is 1. The van der Waals surface area contributed by atoms with Gasteiger partial charge in [-0.2, -0.15) is 0 Å². The molecule has 0 spiro atoms. The fourth-order valence-electron chi connectivity index (χ4n) is 2.02.